The molecule has 1 aliphatic heterocycles. The highest BCUT2D eigenvalue weighted by molar-refractivity contribution is 5.10. The van der Waals surface area contributed by atoms with Gasteiger partial charge in [-0.25, -0.2) is 0 Å². The van der Waals surface area contributed by atoms with Crippen molar-refractivity contribution in [1.82, 2.24) is 0 Å². The molecule has 1 rings (SSSR count). The van der Waals surface area contributed by atoms with Crippen LogP contribution in [-0.2, 0) is 0 Å². The highest BCUT2D eigenvalue weighted by Gasteiger charge is 2.14. The minimum absolute atomic E-state index is 1.26. The highest BCUT2D eigenvalue weighted by atomic mass is 15.1. The number of nitrogens with one attached hydrogen (secondary N) is 1. The Bertz CT molecular complexity index is 315. The summed E-state index contributed by atoms with van der Waals surface area (Å²) < 4.78 is 0. The second kappa shape index (κ2) is 16.3. The van der Waals surface area contributed by atoms with Gasteiger partial charge in [-0.3, -0.25) is 4.90 Å². The summed E-state index contributed by atoms with van der Waals surface area (Å²) in [6.07, 6.45) is 23.7. The summed E-state index contributed by atoms with van der Waals surface area (Å²) in [6.45, 7) is 10.6. The third-order valence-electron chi connectivity index (χ3n) is 4.33. The lowest BCUT2D eigenvalue weighted by Gasteiger charge is -2.13. The monoisotopic (exact) mass is 304 g/mol. The number of hydrogen-bond acceptors (Lipinski definition) is 1. The van der Waals surface area contributed by atoms with Crippen LogP contribution >= 0.6 is 0 Å². The van der Waals surface area contributed by atoms with Gasteiger partial charge in [-0.15, -0.1) is 0 Å². The first kappa shape index (κ1) is 20.9. The molecule has 0 bridgehead atoms. The second-order valence-corrected chi connectivity index (χ2v) is 6.26. The van der Waals surface area contributed by atoms with E-state index >= 15 is 0 Å². The Labute approximate surface area is 138 Å². The molecular formula is C20H36N2. The van der Waals surface area contributed by atoms with E-state index in [0.717, 1.165) is 0 Å². The molecular weight excluding hydrogens is 268 g/mol. The molecule has 1 unspecified atom stereocenters. The van der Waals surface area contributed by atoms with Gasteiger partial charge in [-0.2, -0.15) is 0 Å². The lowest BCUT2D eigenvalue weighted by molar-refractivity contribution is -0.804. The summed E-state index contributed by atoms with van der Waals surface area (Å²) in [5, 5.41) is 6.25. The predicted molar refractivity (Wildman–Crippen MR) is 94.8 cm³/mol. The first-order chi connectivity index (χ1) is 10.9. The number of quaternary nitrogens is 1. The van der Waals surface area contributed by atoms with E-state index in [1.807, 2.05) is 0 Å². The molecule has 1 atom stereocenters. The molecule has 0 fully saturated rings. The summed E-state index contributed by atoms with van der Waals surface area (Å²) in [7, 11) is 0. The van der Waals surface area contributed by atoms with E-state index in [2.05, 4.69) is 32.2 Å². The van der Waals surface area contributed by atoms with Crippen molar-refractivity contribution in [3.63, 3.8) is 0 Å². The zero-order valence-corrected chi connectivity index (χ0v) is 14.9. The van der Waals surface area contributed by atoms with Gasteiger partial charge >= 0.3 is 0 Å². The van der Waals surface area contributed by atoms with Gasteiger partial charge in [-0.05, 0) is 25.3 Å². The van der Waals surface area contributed by atoms with E-state index in [1.165, 1.54) is 83.6 Å². The Hall–Kier alpha value is -1.07. The molecule has 1 heterocycles. The smallest absolute Gasteiger partial charge is 0.112 e. The van der Waals surface area contributed by atoms with Crippen LogP contribution in [0.1, 0.15) is 90.9 Å². The molecule has 0 aromatic carbocycles. The molecule has 0 saturated heterocycles. The van der Waals surface area contributed by atoms with Crippen LogP contribution in [0, 0.1) is 11.8 Å². The van der Waals surface area contributed by atoms with Crippen LogP contribution < -0.4 is 4.90 Å². The number of unbranched alkanes of at least 4 members (excludes halogenated alkanes) is 9. The maximum atomic E-state index is 6.25. The first-order valence-electron chi connectivity index (χ1n) is 9.34. The molecule has 0 radical (unpaired) electrons. The van der Waals surface area contributed by atoms with Crippen molar-refractivity contribution in [2.45, 2.75) is 90.9 Å². The van der Waals surface area contributed by atoms with Gasteiger partial charge in [0.25, 0.3) is 0 Å². The molecule has 0 aromatic heterocycles. The highest BCUT2D eigenvalue weighted by Crippen LogP contribution is 2.10. The SMILES string of the molecule is CCCCCCCCCCCC[NH+]1C=CC=C1CCC.[C-]#N. The second-order valence-electron chi connectivity index (χ2n) is 6.26. The van der Waals surface area contributed by atoms with Crippen LogP contribution in [0.15, 0.2) is 24.0 Å². The van der Waals surface area contributed by atoms with Crippen LogP contribution in [0.5, 0.6) is 0 Å². The normalized spacial score (nSPS) is 16.2. The van der Waals surface area contributed by atoms with Gasteiger partial charge < -0.3 is 11.8 Å². The molecule has 0 aromatic rings. The van der Waals surface area contributed by atoms with Gasteiger partial charge in [0.2, 0.25) is 0 Å². The molecule has 1 aliphatic rings. The third kappa shape index (κ3) is 10.6. The van der Waals surface area contributed by atoms with E-state index in [9.17, 15) is 0 Å². The van der Waals surface area contributed by atoms with E-state index < -0.39 is 0 Å². The van der Waals surface area contributed by atoms with Gasteiger partial charge in [0, 0.05) is 12.5 Å². The van der Waals surface area contributed by atoms with Gasteiger partial charge in [0.05, 0.1) is 12.7 Å². The van der Waals surface area contributed by atoms with Gasteiger partial charge in [0.1, 0.15) is 5.70 Å². The topological polar surface area (TPSA) is 28.2 Å². The number of nitrogens with zero attached hydrogens (tertiary/aromatic N) is 1. The fourth-order valence-electron chi connectivity index (χ4n) is 3.05. The predicted octanol–water partition coefficient (Wildman–Crippen LogP) is 5.10. The van der Waals surface area contributed by atoms with Crippen molar-refractivity contribution in [2.75, 3.05) is 6.54 Å². The van der Waals surface area contributed by atoms with Gasteiger partial charge in [0.15, 0.2) is 0 Å². The van der Waals surface area contributed by atoms with E-state index in [1.54, 1.807) is 10.6 Å². The lowest BCUT2D eigenvalue weighted by Crippen LogP contribution is -3.04. The first-order valence-corrected chi connectivity index (χ1v) is 9.34. The largest absolute Gasteiger partial charge is 0.512 e. The quantitative estimate of drug-likeness (QED) is 0.372. The number of hydrogen-bond donors (Lipinski definition) is 1. The maximum absolute atomic E-state index is 6.25. The fraction of sp³-hybridized carbons (Fsp3) is 0.750. The Morgan fingerprint density at radius 2 is 1.36 bits per heavy atom. The van der Waals surface area contributed by atoms with Crippen molar-refractivity contribution in [1.29, 1.82) is 5.26 Å². The van der Waals surface area contributed by atoms with Crippen molar-refractivity contribution in [3.05, 3.63) is 30.6 Å². The summed E-state index contributed by atoms with van der Waals surface area (Å²) in [5.41, 5.74) is 1.60. The summed E-state index contributed by atoms with van der Waals surface area (Å²) in [6, 6.07) is 0. The molecule has 1 N–H and O–H groups in total. The molecule has 0 amide bonds. The van der Waals surface area contributed by atoms with Crippen LogP contribution in [-0.4, -0.2) is 6.54 Å². The Morgan fingerprint density at radius 3 is 1.91 bits per heavy atom. The molecule has 2 heteroatoms. The molecule has 0 aliphatic carbocycles. The fourth-order valence-corrected chi connectivity index (χ4v) is 3.05. The molecule has 22 heavy (non-hydrogen) atoms. The standard InChI is InChI=1S/C19H35N.CN/c1-3-5-6-7-8-9-10-11-12-13-17-20-18-14-16-19(20)15-4-2;1-2/h14,16,18H,3-13,15,17H2,1-2H3;/q;-1/p+1. The summed E-state index contributed by atoms with van der Waals surface area (Å²) in [5.74, 6) is 0. The minimum Gasteiger partial charge on any atom is -0.512 e. The summed E-state index contributed by atoms with van der Waals surface area (Å²) >= 11 is 0. The molecule has 126 valence electrons. The lowest BCUT2D eigenvalue weighted by atomic mass is 10.1. The van der Waals surface area contributed by atoms with Crippen LogP contribution in [0.25, 0.3) is 0 Å². The zero-order chi connectivity index (χ0) is 16.5. The van der Waals surface area contributed by atoms with Crippen LogP contribution in [0.2, 0.25) is 0 Å². The molecule has 0 saturated carbocycles. The summed E-state index contributed by atoms with van der Waals surface area (Å²) in [4.78, 5) is 1.62. The van der Waals surface area contributed by atoms with E-state index in [0.29, 0.717) is 0 Å². The van der Waals surface area contributed by atoms with Crippen molar-refractivity contribution >= 4 is 0 Å². The van der Waals surface area contributed by atoms with Crippen LogP contribution in [0.3, 0.4) is 0 Å². The Balaban J connectivity index is 0.00000211. The maximum Gasteiger partial charge on any atom is 0.112 e. The molecule has 2 nitrogen and oxygen atoms in total. The van der Waals surface area contributed by atoms with E-state index in [-0.39, 0.29) is 0 Å². The van der Waals surface area contributed by atoms with Gasteiger partial charge in [-0.1, -0.05) is 65.2 Å². The van der Waals surface area contributed by atoms with Crippen molar-refractivity contribution < 1.29 is 4.90 Å². The van der Waals surface area contributed by atoms with Crippen LogP contribution in [0.4, 0.5) is 0 Å². The average molecular weight is 305 g/mol. The van der Waals surface area contributed by atoms with Crippen molar-refractivity contribution in [3.8, 4) is 0 Å². The zero-order valence-electron chi connectivity index (χ0n) is 14.9. The Kier molecular flexibility index (Phi) is 15.5. The van der Waals surface area contributed by atoms with E-state index in [4.69, 9.17) is 11.8 Å². The third-order valence-corrected chi connectivity index (χ3v) is 4.33. The average Bonchev–Trinajstić information content (AvgIpc) is 2.99. The Morgan fingerprint density at radius 1 is 0.818 bits per heavy atom. The minimum atomic E-state index is 1.26. The molecule has 0 spiro atoms. The number of allylic oxidation sites excluding steroid dienone is 3. The number of rotatable bonds is 13. The van der Waals surface area contributed by atoms with Crippen molar-refractivity contribution in [2.24, 2.45) is 0 Å².